The Bertz CT molecular complexity index is 698. The Morgan fingerprint density at radius 3 is 2.64 bits per heavy atom. The fraction of sp³-hybridized carbons (Fsp3) is 0.444. The molecule has 0 radical (unpaired) electrons. The third kappa shape index (κ3) is 2.14. The van der Waals surface area contributed by atoms with Gasteiger partial charge < -0.3 is 5.32 Å². The second-order valence-electron chi connectivity index (χ2n) is 6.43. The molecule has 1 unspecified atom stereocenters. The van der Waals surface area contributed by atoms with Crippen LogP contribution in [-0.2, 0) is 11.2 Å². The van der Waals surface area contributed by atoms with Crippen LogP contribution in [0, 0.1) is 0 Å². The van der Waals surface area contributed by atoms with E-state index < -0.39 is 0 Å². The van der Waals surface area contributed by atoms with Crippen LogP contribution < -0.4 is 5.32 Å². The molecular formula is C18H21N3O. The van der Waals surface area contributed by atoms with Crippen LogP contribution in [-0.4, -0.2) is 16.1 Å². The summed E-state index contributed by atoms with van der Waals surface area (Å²) in [5.74, 6) is 1.51. The van der Waals surface area contributed by atoms with E-state index in [9.17, 15) is 4.79 Å². The van der Waals surface area contributed by atoms with Crippen LogP contribution in [0.1, 0.15) is 66.8 Å². The maximum Gasteiger partial charge on any atom is 0.226 e. The summed E-state index contributed by atoms with van der Waals surface area (Å²) in [5, 5.41) is 10.5. The van der Waals surface area contributed by atoms with Gasteiger partial charge in [0.05, 0.1) is 0 Å². The third-order valence-corrected chi connectivity index (χ3v) is 5.13. The summed E-state index contributed by atoms with van der Waals surface area (Å²) in [6.07, 6.45) is 5.29. The number of aromatic amines is 1. The van der Waals surface area contributed by atoms with Gasteiger partial charge in [-0.1, -0.05) is 37.6 Å². The average Bonchev–Trinajstić information content (AvgIpc) is 2.88. The predicted octanol–water partition coefficient (Wildman–Crippen LogP) is 3.71. The molecule has 2 aliphatic rings. The lowest BCUT2D eigenvalue weighted by Crippen LogP contribution is -2.24. The molecule has 4 rings (SSSR count). The number of amides is 1. The van der Waals surface area contributed by atoms with Crippen molar-refractivity contribution in [2.24, 2.45) is 0 Å². The molecule has 4 nitrogen and oxygen atoms in total. The molecule has 114 valence electrons. The highest BCUT2D eigenvalue weighted by Gasteiger charge is 2.35. The van der Waals surface area contributed by atoms with Gasteiger partial charge in [-0.3, -0.25) is 9.89 Å². The number of rotatable bonds is 3. The molecule has 0 bridgehead atoms. The van der Waals surface area contributed by atoms with Gasteiger partial charge in [-0.15, -0.1) is 0 Å². The average molecular weight is 295 g/mol. The molecule has 0 spiro atoms. The van der Waals surface area contributed by atoms with Crippen molar-refractivity contribution in [2.75, 3.05) is 5.32 Å². The molecule has 1 fully saturated rings. The van der Waals surface area contributed by atoms with Gasteiger partial charge in [0.1, 0.15) is 0 Å². The van der Waals surface area contributed by atoms with E-state index in [1.807, 2.05) is 0 Å². The lowest BCUT2D eigenvalue weighted by atomic mass is 9.77. The summed E-state index contributed by atoms with van der Waals surface area (Å²) in [7, 11) is 0. The number of anilines is 1. The van der Waals surface area contributed by atoms with Crippen molar-refractivity contribution in [1.29, 1.82) is 0 Å². The zero-order valence-electron chi connectivity index (χ0n) is 12.9. The molecule has 1 amide bonds. The van der Waals surface area contributed by atoms with Crippen LogP contribution in [0.3, 0.4) is 0 Å². The standard InChI is InChI=1S/C18H21N3O/c1-2-11-6-8-12(9-7-11)14-10-15(22)19-18-16(14)17(20-21-18)13-4-3-5-13/h6-9,13-14H,2-5,10H2,1H3,(H2,19,20,21,22). The summed E-state index contributed by atoms with van der Waals surface area (Å²) >= 11 is 0. The highest BCUT2D eigenvalue weighted by atomic mass is 16.1. The first-order valence-electron chi connectivity index (χ1n) is 8.23. The molecule has 22 heavy (non-hydrogen) atoms. The van der Waals surface area contributed by atoms with Crippen molar-refractivity contribution in [2.45, 2.75) is 50.9 Å². The first-order valence-corrected chi connectivity index (χ1v) is 8.23. The molecule has 0 saturated heterocycles. The minimum Gasteiger partial charge on any atom is -0.309 e. The molecule has 1 aliphatic carbocycles. The Hall–Kier alpha value is -2.10. The Morgan fingerprint density at radius 2 is 2.00 bits per heavy atom. The number of carbonyl (C=O) groups excluding carboxylic acids is 1. The summed E-state index contributed by atoms with van der Waals surface area (Å²) in [5.41, 5.74) is 5.00. The molecule has 2 N–H and O–H groups in total. The first kappa shape index (κ1) is 13.6. The zero-order valence-corrected chi connectivity index (χ0v) is 12.9. The number of nitrogens with zero attached hydrogens (tertiary/aromatic N) is 1. The van der Waals surface area contributed by atoms with Crippen molar-refractivity contribution < 1.29 is 4.79 Å². The maximum absolute atomic E-state index is 12.0. The normalized spacial score (nSPS) is 21.1. The summed E-state index contributed by atoms with van der Waals surface area (Å²) in [6, 6.07) is 8.68. The predicted molar refractivity (Wildman–Crippen MR) is 86.1 cm³/mol. The number of aromatic nitrogens is 2. The van der Waals surface area contributed by atoms with E-state index in [0.29, 0.717) is 12.3 Å². The van der Waals surface area contributed by atoms with Crippen molar-refractivity contribution in [3.05, 3.63) is 46.6 Å². The van der Waals surface area contributed by atoms with Crippen molar-refractivity contribution in [1.82, 2.24) is 10.2 Å². The summed E-state index contributed by atoms with van der Waals surface area (Å²) in [6.45, 7) is 2.16. The lowest BCUT2D eigenvalue weighted by molar-refractivity contribution is -0.116. The second kappa shape index (κ2) is 5.27. The number of fused-ring (bicyclic) bond motifs is 1. The highest BCUT2D eigenvalue weighted by Crippen LogP contribution is 2.45. The van der Waals surface area contributed by atoms with Gasteiger partial charge >= 0.3 is 0 Å². The monoisotopic (exact) mass is 295 g/mol. The number of benzene rings is 1. The lowest BCUT2D eigenvalue weighted by Gasteiger charge is -2.29. The molecule has 1 aromatic carbocycles. The van der Waals surface area contributed by atoms with Gasteiger partial charge in [0.15, 0.2) is 5.82 Å². The van der Waals surface area contributed by atoms with Crippen molar-refractivity contribution in [3.63, 3.8) is 0 Å². The highest BCUT2D eigenvalue weighted by molar-refractivity contribution is 5.94. The molecule has 1 aliphatic heterocycles. The molecule has 4 heteroatoms. The molecule has 1 saturated carbocycles. The third-order valence-electron chi connectivity index (χ3n) is 5.13. The van der Waals surface area contributed by atoms with Gasteiger partial charge in [-0.05, 0) is 30.4 Å². The van der Waals surface area contributed by atoms with E-state index in [4.69, 9.17) is 0 Å². The Kier molecular flexibility index (Phi) is 3.25. The maximum atomic E-state index is 12.0. The van der Waals surface area contributed by atoms with E-state index in [0.717, 1.165) is 12.2 Å². The minimum atomic E-state index is 0.0590. The number of H-pyrrole nitrogens is 1. The van der Waals surface area contributed by atoms with Gasteiger partial charge in [0.2, 0.25) is 5.91 Å². The summed E-state index contributed by atoms with van der Waals surface area (Å²) in [4.78, 5) is 12.0. The topological polar surface area (TPSA) is 57.8 Å². The van der Waals surface area contributed by atoms with Crippen LogP contribution in [0.2, 0.25) is 0 Å². The fourth-order valence-electron chi connectivity index (χ4n) is 3.56. The SMILES string of the molecule is CCc1ccc(C2CC(=O)Nc3n[nH]c(C4CCC4)c32)cc1. The molecule has 2 aromatic rings. The first-order chi connectivity index (χ1) is 10.8. The van der Waals surface area contributed by atoms with E-state index in [1.165, 1.54) is 41.6 Å². The number of nitrogens with one attached hydrogen (secondary N) is 2. The number of aryl methyl sites for hydroxylation is 1. The zero-order chi connectivity index (χ0) is 15.1. The minimum absolute atomic E-state index is 0.0590. The van der Waals surface area contributed by atoms with E-state index in [-0.39, 0.29) is 11.8 Å². The Morgan fingerprint density at radius 1 is 1.23 bits per heavy atom. The van der Waals surface area contributed by atoms with E-state index in [2.05, 4.69) is 46.7 Å². The van der Waals surface area contributed by atoms with Gasteiger partial charge in [0, 0.05) is 29.5 Å². The smallest absolute Gasteiger partial charge is 0.226 e. The van der Waals surface area contributed by atoms with E-state index >= 15 is 0 Å². The molecule has 1 atom stereocenters. The fourth-order valence-corrected chi connectivity index (χ4v) is 3.56. The Labute approximate surface area is 130 Å². The second-order valence-corrected chi connectivity index (χ2v) is 6.43. The molecular weight excluding hydrogens is 274 g/mol. The van der Waals surface area contributed by atoms with Gasteiger partial charge in [-0.25, -0.2) is 0 Å². The largest absolute Gasteiger partial charge is 0.309 e. The van der Waals surface area contributed by atoms with Gasteiger partial charge in [0.25, 0.3) is 0 Å². The van der Waals surface area contributed by atoms with Crippen LogP contribution in [0.5, 0.6) is 0 Å². The quantitative estimate of drug-likeness (QED) is 0.906. The van der Waals surface area contributed by atoms with E-state index in [1.54, 1.807) is 0 Å². The van der Waals surface area contributed by atoms with Gasteiger partial charge in [-0.2, -0.15) is 5.10 Å². The number of hydrogen-bond donors (Lipinski definition) is 2. The van der Waals surface area contributed by atoms with Crippen LogP contribution in [0.15, 0.2) is 24.3 Å². The number of hydrogen-bond acceptors (Lipinski definition) is 2. The van der Waals surface area contributed by atoms with Crippen LogP contribution in [0.4, 0.5) is 5.82 Å². The van der Waals surface area contributed by atoms with Crippen LogP contribution >= 0.6 is 0 Å². The van der Waals surface area contributed by atoms with Crippen molar-refractivity contribution in [3.8, 4) is 0 Å². The number of carbonyl (C=O) groups is 1. The Balaban J connectivity index is 1.76. The summed E-state index contributed by atoms with van der Waals surface area (Å²) < 4.78 is 0. The molecule has 1 aromatic heterocycles. The molecule has 2 heterocycles. The van der Waals surface area contributed by atoms with Crippen molar-refractivity contribution >= 4 is 11.7 Å². The van der Waals surface area contributed by atoms with Crippen LogP contribution in [0.25, 0.3) is 0 Å².